The smallest absolute Gasteiger partial charge is 0.231 e. The zero-order valence-corrected chi connectivity index (χ0v) is 9.69. The van der Waals surface area contributed by atoms with Crippen molar-refractivity contribution in [2.45, 2.75) is 12.5 Å². The van der Waals surface area contributed by atoms with Crippen molar-refractivity contribution >= 4 is 11.6 Å². The summed E-state index contributed by atoms with van der Waals surface area (Å²) < 4.78 is 5.42. The number of benzene rings is 1. The van der Waals surface area contributed by atoms with Crippen molar-refractivity contribution in [3.63, 3.8) is 0 Å². The lowest BCUT2D eigenvalue weighted by Crippen LogP contribution is -2.49. The number of carbonyl (C=O) groups excluding carboxylic acids is 1. The van der Waals surface area contributed by atoms with Gasteiger partial charge in [-0.3, -0.25) is 4.79 Å². The highest BCUT2D eigenvalue weighted by Crippen LogP contribution is 2.28. The first kappa shape index (κ1) is 10.7. The number of hydrogen-bond acceptors (Lipinski definition) is 3. The summed E-state index contributed by atoms with van der Waals surface area (Å²) in [5.74, 6) is 0.193. The van der Waals surface area contributed by atoms with Crippen molar-refractivity contribution in [3.05, 3.63) is 29.8 Å². The monoisotopic (exact) mass is 232 g/mol. The van der Waals surface area contributed by atoms with Gasteiger partial charge in [0.05, 0.1) is 19.6 Å². The summed E-state index contributed by atoms with van der Waals surface area (Å²) in [5, 5.41) is 3.38. The van der Waals surface area contributed by atoms with Crippen LogP contribution in [0.3, 0.4) is 0 Å². The Balaban J connectivity index is 1.76. The number of anilines is 1. The third-order valence-corrected chi connectivity index (χ3v) is 3.33. The number of rotatable bonds is 2. The van der Waals surface area contributed by atoms with Crippen LogP contribution < -0.4 is 10.2 Å². The van der Waals surface area contributed by atoms with Gasteiger partial charge in [0.2, 0.25) is 5.91 Å². The Hall–Kier alpha value is -1.39. The SMILES string of the molecule is O=C1Cc2ccccc2N1CC1COCCN1. The van der Waals surface area contributed by atoms with Gasteiger partial charge in [-0.25, -0.2) is 0 Å². The first-order valence-corrected chi connectivity index (χ1v) is 6.04. The Kier molecular flexibility index (Phi) is 2.82. The van der Waals surface area contributed by atoms with Gasteiger partial charge in [-0.2, -0.15) is 0 Å². The number of amides is 1. The average Bonchev–Trinajstić information content (AvgIpc) is 2.68. The van der Waals surface area contributed by atoms with Crippen LogP contribution in [0.2, 0.25) is 0 Å². The molecule has 3 rings (SSSR count). The van der Waals surface area contributed by atoms with Gasteiger partial charge in [-0.1, -0.05) is 18.2 Å². The topological polar surface area (TPSA) is 41.6 Å². The second-order valence-electron chi connectivity index (χ2n) is 4.54. The largest absolute Gasteiger partial charge is 0.378 e. The number of nitrogens with one attached hydrogen (secondary N) is 1. The van der Waals surface area contributed by atoms with Crippen LogP contribution >= 0.6 is 0 Å². The highest BCUT2D eigenvalue weighted by Gasteiger charge is 2.29. The lowest BCUT2D eigenvalue weighted by Gasteiger charge is -2.28. The minimum absolute atomic E-state index is 0.193. The normalized spacial score (nSPS) is 23.9. The first-order chi connectivity index (χ1) is 8.34. The molecule has 90 valence electrons. The molecule has 2 aliphatic heterocycles. The zero-order valence-electron chi connectivity index (χ0n) is 9.69. The van der Waals surface area contributed by atoms with E-state index in [1.165, 1.54) is 0 Å². The molecule has 0 spiro atoms. The fourth-order valence-corrected chi connectivity index (χ4v) is 2.47. The van der Waals surface area contributed by atoms with E-state index in [0.717, 1.165) is 24.4 Å². The van der Waals surface area contributed by atoms with Gasteiger partial charge in [0.15, 0.2) is 0 Å². The van der Waals surface area contributed by atoms with Crippen LogP contribution in [0.25, 0.3) is 0 Å². The lowest BCUT2D eigenvalue weighted by atomic mass is 10.2. The number of morpholine rings is 1. The quantitative estimate of drug-likeness (QED) is 0.810. The molecule has 1 aromatic carbocycles. The van der Waals surface area contributed by atoms with Gasteiger partial charge >= 0.3 is 0 Å². The fourth-order valence-electron chi connectivity index (χ4n) is 2.47. The van der Waals surface area contributed by atoms with Crippen molar-refractivity contribution in [1.29, 1.82) is 0 Å². The van der Waals surface area contributed by atoms with E-state index in [1.54, 1.807) is 0 Å². The molecule has 1 N–H and O–H groups in total. The first-order valence-electron chi connectivity index (χ1n) is 6.04. The molecule has 0 saturated carbocycles. The van der Waals surface area contributed by atoms with E-state index < -0.39 is 0 Å². The minimum atomic E-state index is 0.193. The van der Waals surface area contributed by atoms with Crippen LogP contribution in [-0.4, -0.2) is 38.3 Å². The summed E-state index contributed by atoms with van der Waals surface area (Å²) in [7, 11) is 0. The van der Waals surface area contributed by atoms with Crippen LogP contribution in [0.15, 0.2) is 24.3 Å². The number of fused-ring (bicyclic) bond motifs is 1. The summed E-state index contributed by atoms with van der Waals surface area (Å²) in [5.41, 5.74) is 2.19. The van der Waals surface area contributed by atoms with Crippen LogP contribution in [0, 0.1) is 0 Å². The van der Waals surface area contributed by atoms with Crippen LogP contribution in [0.4, 0.5) is 5.69 Å². The molecule has 1 saturated heterocycles. The summed E-state index contributed by atoms with van der Waals surface area (Å²) in [6.07, 6.45) is 0.531. The number of hydrogen-bond donors (Lipinski definition) is 1. The van der Waals surface area contributed by atoms with E-state index >= 15 is 0 Å². The Morgan fingerprint density at radius 3 is 3.12 bits per heavy atom. The molecule has 1 atom stereocenters. The maximum absolute atomic E-state index is 12.0. The second-order valence-corrected chi connectivity index (χ2v) is 4.54. The van der Waals surface area contributed by atoms with E-state index in [9.17, 15) is 4.79 Å². The number of nitrogens with zero attached hydrogens (tertiary/aromatic N) is 1. The molecular formula is C13H16N2O2. The Morgan fingerprint density at radius 1 is 1.41 bits per heavy atom. The molecule has 1 aromatic rings. The zero-order chi connectivity index (χ0) is 11.7. The molecule has 0 radical (unpaired) electrons. The molecule has 0 bridgehead atoms. The van der Waals surface area contributed by atoms with Gasteiger partial charge < -0.3 is 15.0 Å². The van der Waals surface area contributed by atoms with E-state index in [1.807, 2.05) is 29.2 Å². The van der Waals surface area contributed by atoms with Gasteiger partial charge in [0, 0.05) is 24.8 Å². The Morgan fingerprint density at radius 2 is 2.29 bits per heavy atom. The molecule has 1 unspecified atom stereocenters. The molecule has 4 heteroatoms. The van der Waals surface area contributed by atoms with E-state index in [0.29, 0.717) is 19.6 Å². The predicted molar refractivity (Wildman–Crippen MR) is 65.1 cm³/mol. The third-order valence-electron chi connectivity index (χ3n) is 3.33. The van der Waals surface area contributed by atoms with Crippen LogP contribution in [0.5, 0.6) is 0 Å². The highest BCUT2D eigenvalue weighted by molar-refractivity contribution is 6.01. The van der Waals surface area contributed by atoms with Crippen LogP contribution in [-0.2, 0) is 16.0 Å². The molecule has 2 heterocycles. The lowest BCUT2D eigenvalue weighted by molar-refractivity contribution is -0.117. The number of para-hydroxylation sites is 1. The van der Waals surface area contributed by atoms with Crippen molar-refractivity contribution < 1.29 is 9.53 Å². The molecule has 1 fully saturated rings. The minimum Gasteiger partial charge on any atom is -0.378 e. The van der Waals surface area contributed by atoms with E-state index in [2.05, 4.69) is 5.32 Å². The molecule has 0 aromatic heterocycles. The van der Waals surface area contributed by atoms with Gasteiger partial charge in [-0.15, -0.1) is 0 Å². The number of ether oxygens (including phenoxy) is 1. The van der Waals surface area contributed by atoms with Crippen molar-refractivity contribution in [3.8, 4) is 0 Å². The van der Waals surface area contributed by atoms with Gasteiger partial charge in [0.25, 0.3) is 0 Å². The van der Waals surface area contributed by atoms with E-state index in [-0.39, 0.29) is 11.9 Å². The molecule has 4 nitrogen and oxygen atoms in total. The third kappa shape index (κ3) is 2.06. The molecule has 1 amide bonds. The number of carbonyl (C=O) groups is 1. The Bertz CT molecular complexity index is 427. The summed E-state index contributed by atoms with van der Waals surface area (Å²) in [4.78, 5) is 13.8. The fraction of sp³-hybridized carbons (Fsp3) is 0.462. The molecular weight excluding hydrogens is 216 g/mol. The van der Waals surface area contributed by atoms with Crippen LogP contribution in [0.1, 0.15) is 5.56 Å². The van der Waals surface area contributed by atoms with Crippen molar-refractivity contribution in [2.24, 2.45) is 0 Å². The highest BCUT2D eigenvalue weighted by atomic mass is 16.5. The summed E-state index contributed by atoms with van der Waals surface area (Å²) in [6, 6.07) is 8.26. The van der Waals surface area contributed by atoms with Crippen molar-refractivity contribution in [2.75, 3.05) is 31.2 Å². The predicted octanol–water partition coefficient (Wildman–Crippen LogP) is 0.564. The Labute approximate surface area is 101 Å². The standard InChI is InChI=1S/C13H16N2O2/c16-13-7-10-3-1-2-4-12(10)15(13)8-11-9-17-6-5-14-11/h1-4,11,14H,5-9H2. The van der Waals surface area contributed by atoms with E-state index in [4.69, 9.17) is 4.74 Å². The molecule has 0 aliphatic carbocycles. The maximum atomic E-state index is 12.0. The molecule has 2 aliphatic rings. The van der Waals surface area contributed by atoms with Gasteiger partial charge in [-0.05, 0) is 11.6 Å². The van der Waals surface area contributed by atoms with Gasteiger partial charge in [0.1, 0.15) is 0 Å². The average molecular weight is 232 g/mol. The second kappa shape index (κ2) is 4.47. The summed E-state index contributed by atoms with van der Waals surface area (Å²) in [6.45, 7) is 3.02. The van der Waals surface area contributed by atoms with Crippen molar-refractivity contribution in [1.82, 2.24) is 5.32 Å². The maximum Gasteiger partial charge on any atom is 0.231 e. The summed E-state index contributed by atoms with van der Waals surface area (Å²) >= 11 is 0. The molecule has 17 heavy (non-hydrogen) atoms.